The van der Waals surface area contributed by atoms with Gasteiger partial charge >= 0.3 is 0 Å². The first-order chi connectivity index (χ1) is 17.9. The Morgan fingerprint density at radius 3 is 2.41 bits per heavy atom. The van der Waals surface area contributed by atoms with Crippen LogP contribution in [0.2, 0.25) is 0 Å². The number of para-hydroxylation sites is 1. The predicted octanol–water partition coefficient (Wildman–Crippen LogP) is 3.94. The van der Waals surface area contributed by atoms with Crippen molar-refractivity contribution in [2.45, 2.75) is 25.7 Å². The Labute approximate surface area is 225 Å². The lowest BCUT2D eigenvalue weighted by Gasteiger charge is -2.14. The standard InChI is InChI=1S/C26H29N3O6S2/c1-33-19-10-7-6-9-18(19)24(31)28-27-23(30)11-5-4-8-14-29-25(32)22(37-26(29)36)16-17-12-13-20(34-2)21(15-17)35-3/h6-7,9-10,12-13,15-16H,4-5,8,11,14H2,1-3H3,(H,27,30)(H,28,31). The molecule has 0 atom stereocenters. The number of amides is 3. The molecule has 0 bridgehead atoms. The molecule has 1 fully saturated rings. The molecule has 0 saturated carbocycles. The van der Waals surface area contributed by atoms with Crippen molar-refractivity contribution in [3.8, 4) is 17.2 Å². The lowest BCUT2D eigenvalue weighted by atomic mass is 10.1. The summed E-state index contributed by atoms with van der Waals surface area (Å²) in [6.07, 6.45) is 4.04. The molecular weight excluding hydrogens is 514 g/mol. The van der Waals surface area contributed by atoms with Crippen LogP contribution in [0.5, 0.6) is 17.2 Å². The number of methoxy groups -OCH3 is 3. The maximum Gasteiger partial charge on any atom is 0.273 e. The van der Waals surface area contributed by atoms with E-state index in [0.29, 0.717) is 51.4 Å². The van der Waals surface area contributed by atoms with Crippen LogP contribution < -0.4 is 25.1 Å². The average molecular weight is 544 g/mol. The van der Waals surface area contributed by atoms with E-state index in [0.717, 1.165) is 12.0 Å². The summed E-state index contributed by atoms with van der Waals surface area (Å²) in [5.41, 5.74) is 5.95. The molecule has 1 aliphatic heterocycles. The van der Waals surface area contributed by atoms with Crippen LogP contribution in [-0.4, -0.2) is 54.8 Å². The molecule has 3 amide bonds. The molecule has 9 nitrogen and oxygen atoms in total. The fourth-order valence-electron chi connectivity index (χ4n) is 3.61. The Bertz CT molecular complexity index is 1200. The molecule has 2 aromatic carbocycles. The number of rotatable bonds is 11. The number of thioether (sulfide) groups is 1. The number of thiocarbonyl (C=S) groups is 1. The lowest BCUT2D eigenvalue weighted by Crippen LogP contribution is -2.41. The SMILES string of the molecule is COc1ccc(C=C2SC(=S)N(CCCCCC(=O)NNC(=O)c3ccccc3OC)C2=O)cc1OC. The lowest BCUT2D eigenvalue weighted by molar-refractivity contribution is -0.123. The number of unbranched alkanes of at least 4 members (excludes halogenated alkanes) is 2. The molecule has 1 heterocycles. The fourth-order valence-corrected chi connectivity index (χ4v) is 4.92. The van der Waals surface area contributed by atoms with Crippen molar-refractivity contribution in [2.75, 3.05) is 27.9 Å². The maximum atomic E-state index is 12.9. The molecule has 0 spiro atoms. The molecule has 0 radical (unpaired) electrons. The van der Waals surface area contributed by atoms with Crippen molar-refractivity contribution in [2.24, 2.45) is 0 Å². The number of nitrogens with zero attached hydrogens (tertiary/aromatic N) is 1. The minimum atomic E-state index is -0.457. The number of hydrazine groups is 1. The van der Waals surface area contributed by atoms with E-state index in [1.165, 1.54) is 18.9 Å². The summed E-state index contributed by atoms with van der Waals surface area (Å²) in [5.74, 6) is 0.716. The Hall–Kier alpha value is -3.57. The smallest absolute Gasteiger partial charge is 0.273 e. The van der Waals surface area contributed by atoms with Crippen molar-refractivity contribution in [3.05, 3.63) is 58.5 Å². The molecule has 11 heteroatoms. The monoisotopic (exact) mass is 543 g/mol. The van der Waals surface area contributed by atoms with Crippen molar-refractivity contribution in [1.82, 2.24) is 15.8 Å². The van der Waals surface area contributed by atoms with Crippen molar-refractivity contribution in [1.29, 1.82) is 0 Å². The summed E-state index contributed by atoms with van der Waals surface area (Å²) in [6, 6.07) is 12.2. The van der Waals surface area contributed by atoms with Gasteiger partial charge in [0, 0.05) is 13.0 Å². The van der Waals surface area contributed by atoms with Crippen LogP contribution >= 0.6 is 24.0 Å². The van der Waals surface area contributed by atoms with Crippen molar-refractivity contribution in [3.63, 3.8) is 0 Å². The van der Waals surface area contributed by atoms with Crippen LogP contribution in [0, 0.1) is 0 Å². The molecule has 37 heavy (non-hydrogen) atoms. The van der Waals surface area contributed by atoms with Gasteiger partial charge in [-0.3, -0.25) is 30.1 Å². The molecule has 196 valence electrons. The highest BCUT2D eigenvalue weighted by Crippen LogP contribution is 2.34. The number of nitrogens with one attached hydrogen (secondary N) is 2. The van der Waals surface area contributed by atoms with Gasteiger partial charge in [0.25, 0.3) is 11.8 Å². The minimum absolute atomic E-state index is 0.137. The zero-order valence-electron chi connectivity index (χ0n) is 20.9. The van der Waals surface area contributed by atoms with Crippen LogP contribution in [0.25, 0.3) is 6.08 Å². The molecule has 2 aromatic rings. The highest BCUT2D eigenvalue weighted by Gasteiger charge is 2.31. The van der Waals surface area contributed by atoms with Gasteiger partial charge in [0.1, 0.15) is 10.1 Å². The number of benzene rings is 2. The molecule has 0 unspecified atom stereocenters. The first kappa shape index (κ1) is 28.0. The average Bonchev–Trinajstić information content (AvgIpc) is 3.18. The van der Waals surface area contributed by atoms with Crippen LogP contribution in [-0.2, 0) is 9.59 Å². The molecule has 2 N–H and O–H groups in total. The molecule has 1 saturated heterocycles. The number of carbonyl (C=O) groups is 3. The Balaban J connectivity index is 1.41. The second kappa shape index (κ2) is 13.7. The van der Waals surface area contributed by atoms with Crippen LogP contribution in [0.3, 0.4) is 0 Å². The van der Waals surface area contributed by atoms with E-state index in [1.807, 2.05) is 6.07 Å². The van der Waals surface area contributed by atoms with Gasteiger partial charge in [0.05, 0.1) is 31.8 Å². The second-order valence-electron chi connectivity index (χ2n) is 7.96. The molecular formula is C26H29N3O6S2. The Morgan fingerprint density at radius 2 is 1.68 bits per heavy atom. The third-order valence-corrected chi connectivity index (χ3v) is 6.91. The van der Waals surface area contributed by atoms with Crippen LogP contribution in [0.4, 0.5) is 0 Å². The molecule has 0 aliphatic carbocycles. The first-order valence-corrected chi connectivity index (χ1v) is 12.8. The summed E-state index contributed by atoms with van der Waals surface area (Å²) in [5, 5.41) is 0. The number of hydrogen-bond acceptors (Lipinski definition) is 8. The molecule has 3 rings (SSSR count). The predicted molar refractivity (Wildman–Crippen MR) is 146 cm³/mol. The Morgan fingerprint density at radius 1 is 0.946 bits per heavy atom. The van der Waals surface area contributed by atoms with Gasteiger partial charge in [-0.05, 0) is 48.7 Å². The highest BCUT2D eigenvalue weighted by atomic mass is 32.2. The topological polar surface area (TPSA) is 106 Å². The van der Waals surface area contributed by atoms with Gasteiger partial charge in [-0.25, -0.2) is 0 Å². The van der Waals surface area contributed by atoms with E-state index in [-0.39, 0.29) is 18.2 Å². The fraction of sp³-hybridized carbons (Fsp3) is 0.308. The highest BCUT2D eigenvalue weighted by molar-refractivity contribution is 8.26. The van der Waals surface area contributed by atoms with Gasteiger partial charge in [-0.2, -0.15) is 0 Å². The van der Waals surface area contributed by atoms with E-state index >= 15 is 0 Å². The molecule has 1 aliphatic rings. The van der Waals surface area contributed by atoms with Crippen molar-refractivity contribution >= 4 is 52.1 Å². The van der Waals surface area contributed by atoms with Crippen LogP contribution in [0.1, 0.15) is 41.6 Å². The third kappa shape index (κ3) is 7.46. The van der Waals surface area contributed by atoms with Gasteiger partial charge in [0.15, 0.2) is 11.5 Å². The maximum absolute atomic E-state index is 12.9. The van der Waals surface area contributed by atoms with Crippen molar-refractivity contribution < 1.29 is 28.6 Å². The summed E-state index contributed by atoms with van der Waals surface area (Å²) < 4.78 is 16.2. The summed E-state index contributed by atoms with van der Waals surface area (Å²) in [4.78, 5) is 39.3. The largest absolute Gasteiger partial charge is 0.496 e. The number of carbonyl (C=O) groups excluding carboxylic acids is 3. The van der Waals surface area contributed by atoms with E-state index in [4.69, 9.17) is 26.4 Å². The van der Waals surface area contributed by atoms with E-state index in [1.54, 1.807) is 61.6 Å². The van der Waals surface area contributed by atoms with Gasteiger partial charge in [-0.1, -0.05) is 48.6 Å². The first-order valence-electron chi connectivity index (χ1n) is 11.6. The van der Waals surface area contributed by atoms with Gasteiger partial charge < -0.3 is 14.2 Å². The number of ether oxygens (including phenoxy) is 3. The zero-order chi connectivity index (χ0) is 26.8. The van der Waals surface area contributed by atoms with E-state index in [9.17, 15) is 14.4 Å². The molecule has 0 aromatic heterocycles. The van der Waals surface area contributed by atoms with Crippen LogP contribution in [0.15, 0.2) is 47.4 Å². The Kier molecular flexibility index (Phi) is 10.3. The summed E-state index contributed by atoms with van der Waals surface area (Å²) in [6.45, 7) is 0.472. The normalized spacial score (nSPS) is 14.0. The van der Waals surface area contributed by atoms with Gasteiger partial charge in [0.2, 0.25) is 5.91 Å². The summed E-state index contributed by atoms with van der Waals surface area (Å²) >= 11 is 6.67. The second-order valence-corrected chi connectivity index (χ2v) is 9.64. The van der Waals surface area contributed by atoms with E-state index < -0.39 is 5.91 Å². The zero-order valence-corrected chi connectivity index (χ0v) is 22.5. The number of hydrogen-bond donors (Lipinski definition) is 2. The van der Waals surface area contributed by atoms with E-state index in [2.05, 4.69) is 10.9 Å². The van der Waals surface area contributed by atoms with Gasteiger partial charge in [-0.15, -0.1) is 0 Å². The third-order valence-electron chi connectivity index (χ3n) is 5.53. The minimum Gasteiger partial charge on any atom is -0.496 e. The summed E-state index contributed by atoms with van der Waals surface area (Å²) in [7, 11) is 4.60. The quantitative estimate of drug-likeness (QED) is 0.190.